The number of nitrogens with zero attached hydrogens (tertiary/aromatic N) is 1. The predicted molar refractivity (Wildman–Crippen MR) is 87.8 cm³/mol. The Balaban J connectivity index is 1.78. The summed E-state index contributed by atoms with van der Waals surface area (Å²) in [6.45, 7) is 1.71. The first-order valence-corrected chi connectivity index (χ1v) is 8.68. The lowest BCUT2D eigenvalue weighted by Crippen LogP contribution is -2.38. The minimum absolute atomic E-state index is 0.155. The molecule has 0 unspecified atom stereocenters. The van der Waals surface area contributed by atoms with Gasteiger partial charge in [-0.1, -0.05) is 25.3 Å². The molecule has 1 fully saturated rings. The van der Waals surface area contributed by atoms with Gasteiger partial charge in [-0.2, -0.15) is 0 Å². The van der Waals surface area contributed by atoms with Gasteiger partial charge in [-0.15, -0.1) is 0 Å². The molecular formula is C18H24N2O4. The van der Waals surface area contributed by atoms with Crippen LogP contribution in [0.2, 0.25) is 0 Å². The molecule has 1 heterocycles. The molecule has 1 aromatic carbocycles. The summed E-state index contributed by atoms with van der Waals surface area (Å²) in [5.74, 6) is 0.442. The van der Waals surface area contributed by atoms with Gasteiger partial charge in [0.05, 0.1) is 6.61 Å². The first-order valence-electron chi connectivity index (χ1n) is 8.68. The van der Waals surface area contributed by atoms with Crippen molar-refractivity contribution >= 4 is 11.8 Å². The normalized spacial score (nSPS) is 18.8. The second-order valence-electron chi connectivity index (χ2n) is 6.56. The smallest absolute Gasteiger partial charge is 0.274 e. The van der Waals surface area contributed by atoms with Crippen molar-refractivity contribution in [2.45, 2.75) is 45.1 Å². The minimum atomic E-state index is -0.571. The zero-order valence-electron chi connectivity index (χ0n) is 13.8. The largest absolute Gasteiger partial charge is 0.493 e. The molecule has 1 saturated carbocycles. The topological polar surface area (TPSA) is 78.9 Å². The molecule has 1 aliphatic heterocycles. The summed E-state index contributed by atoms with van der Waals surface area (Å²) in [7, 11) is 0. The van der Waals surface area contributed by atoms with Gasteiger partial charge in [0.1, 0.15) is 5.75 Å². The fraction of sp³-hybridized carbons (Fsp3) is 0.556. The zero-order chi connectivity index (χ0) is 16.9. The molecule has 1 aliphatic carbocycles. The lowest BCUT2D eigenvalue weighted by atomic mass is 9.88. The Kier molecular flexibility index (Phi) is 5.35. The summed E-state index contributed by atoms with van der Waals surface area (Å²) < 4.78 is 5.74. The highest BCUT2D eigenvalue weighted by Crippen LogP contribution is 2.29. The summed E-state index contributed by atoms with van der Waals surface area (Å²) >= 11 is 0. The molecule has 3 rings (SSSR count). The van der Waals surface area contributed by atoms with Crippen molar-refractivity contribution in [3.05, 3.63) is 29.3 Å². The molecule has 6 nitrogen and oxygen atoms in total. The summed E-state index contributed by atoms with van der Waals surface area (Å²) in [6, 6.07) is 5.06. The Bertz CT molecular complexity index is 611. The van der Waals surface area contributed by atoms with Crippen LogP contribution in [0.15, 0.2) is 18.2 Å². The van der Waals surface area contributed by atoms with Gasteiger partial charge < -0.3 is 9.64 Å². The maximum atomic E-state index is 12.8. The second-order valence-corrected chi connectivity index (χ2v) is 6.56. The number of amides is 2. The summed E-state index contributed by atoms with van der Waals surface area (Å²) in [6.07, 6.45) is 6.28. The highest BCUT2D eigenvalue weighted by Gasteiger charge is 2.27. The van der Waals surface area contributed by atoms with Crippen molar-refractivity contribution in [1.29, 1.82) is 0 Å². The van der Waals surface area contributed by atoms with E-state index in [4.69, 9.17) is 9.94 Å². The van der Waals surface area contributed by atoms with Gasteiger partial charge in [-0.3, -0.25) is 14.8 Å². The minimum Gasteiger partial charge on any atom is -0.493 e. The quantitative estimate of drug-likeness (QED) is 0.644. The van der Waals surface area contributed by atoms with Crippen LogP contribution >= 0.6 is 0 Å². The standard InChI is InChI=1S/C18H24N2O4/c21-17(19-23)14-7-8-15-12-20(9-4-10-24-16(15)11-14)18(22)13-5-2-1-3-6-13/h7-8,11,13,23H,1-6,9-10,12H2,(H,19,21). The van der Waals surface area contributed by atoms with E-state index < -0.39 is 5.91 Å². The molecule has 6 heteroatoms. The lowest BCUT2D eigenvalue weighted by molar-refractivity contribution is -0.137. The number of ether oxygens (including phenoxy) is 1. The Morgan fingerprint density at radius 3 is 2.71 bits per heavy atom. The number of carbonyl (C=O) groups is 2. The van der Waals surface area contributed by atoms with Gasteiger partial charge in [0.15, 0.2) is 0 Å². The number of hydrogen-bond donors (Lipinski definition) is 2. The van der Waals surface area contributed by atoms with Crippen LogP contribution < -0.4 is 10.2 Å². The molecule has 2 aliphatic rings. The van der Waals surface area contributed by atoms with Crippen molar-refractivity contribution in [3.8, 4) is 5.75 Å². The fourth-order valence-electron chi connectivity index (χ4n) is 3.54. The number of benzene rings is 1. The number of rotatable bonds is 2. The van der Waals surface area contributed by atoms with E-state index in [1.165, 1.54) is 6.42 Å². The summed E-state index contributed by atoms with van der Waals surface area (Å²) in [5.41, 5.74) is 2.86. The number of hydroxylamine groups is 1. The average Bonchev–Trinajstić information content (AvgIpc) is 2.61. The molecule has 0 saturated heterocycles. The van der Waals surface area contributed by atoms with Gasteiger partial charge in [0, 0.05) is 30.1 Å². The first kappa shape index (κ1) is 16.8. The SMILES string of the molecule is O=C(NO)c1ccc2c(c1)OCCCN(C(=O)C1CCCCC1)C2. The van der Waals surface area contributed by atoms with Crippen molar-refractivity contribution in [3.63, 3.8) is 0 Å². The molecule has 0 radical (unpaired) electrons. The monoisotopic (exact) mass is 332 g/mol. The van der Waals surface area contributed by atoms with Crippen LogP contribution in [-0.2, 0) is 11.3 Å². The highest BCUT2D eigenvalue weighted by molar-refractivity contribution is 5.93. The van der Waals surface area contributed by atoms with Gasteiger partial charge >= 0.3 is 0 Å². The van der Waals surface area contributed by atoms with E-state index in [2.05, 4.69) is 0 Å². The van der Waals surface area contributed by atoms with Crippen LogP contribution in [0.1, 0.15) is 54.4 Å². The van der Waals surface area contributed by atoms with E-state index in [9.17, 15) is 9.59 Å². The Morgan fingerprint density at radius 2 is 1.96 bits per heavy atom. The maximum Gasteiger partial charge on any atom is 0.274 e. The third-order valence-electron chi connectivity index (χ3n) is 4.89. The predicted octanol–water partition coefficient (Wildman–Crippen LogP) is 2.50. The third-order valence-corrected chi connectivity index (χ3v) is 4.89. The molecule has 0 atom stereocenters. The fourth-order valence-corrected chi connectivity index (χ4v) is 3.54. The number of nitrogens with one attached hydrogen (secondary N) is 1. The van der Waals surface area contributed by atoms with Gasteiger partial charge in [-0.05, 0) is 31.4 Å². The van der Waals surface area contributed by atoms with E-state index in [-0.39, 0.29) is 11.8 Å². The molecular weight excluding hydrogens is 308 g/mol. The Labute approximate surface area is 141 Å². The van der Waals surface area contributed by atoms with Crippen molar-refractivity contribution in [2.75, 3.05) is 13.2 Å². The molecule has 0 spiro atoms. The number of carbonyl (C=O) groups excluding carboxylic acids is 2. The first-order chi connectivity index (χ1) is 11.7. The highest BCUT2D eigenvalue weighted by atomic mass is 16.5. The van der Waals surface area contributed by atoms with Crippen molar-refractivity contribution < 1.29 is 19.5 Å². The van der Waals surface area contributed by atoms with E-state index in [0.717, 1.165) is 37.7 Å². The molecule has 1 aromatic rings. The van der Waals surface area contributed by atoms with E-state index in [1.54, 1.807) is 23.7 Å². The van der Waals surface area contributed by atoms with Gasteiger partial charge in [-0.25, -0.2) is 5.48 Å². The average molecular weight is 332 g/mol. The van der Waals surface area contributed by atoms with Crippen molar-refractivity contribution in [1.82, 2.24) is 10.4 Å². The molecule has 2 amide bonds. The Hall–Kier alpha value is -2.08. The van der Waals surface area contributed by atoms with Crippen LogP contribution in [-0.4, -0.2) is 35.1 Å². The van der Waals surface area contributed by atoms with E-state index >= 15 is 0 Å². The molecule has 24 heavy (non-hydrogen) atoms. The summed E-state index contributed by atoms with van der Waals surface area (Å²) in [5, 5.41) is 8.76. The molecule has 0 bridgehead atoms. The zero-order valence-corrected chi connectivity index (χ0v) is 13.8. The number of hydrogen-bond acceptors (Lipinski definition) is 4. The van der Waals surface area contributed by atoms with E-state index in [0.29, 0.717) is 31.0 Å². The van der Waals surface area contributed by atoms with Crippen LogP contribution in [0.4, 0.5) is 0 Å². The summed E-state index contributed by atoms with van der Waals surface area (Å²) in [4.78, 5) is 26.3. The van der Waals surface area contributed by atoms with Gasteiger partial charge in [0.25, 0.3) is 5.91 Å². The second kappa shape index (κ2) is 7.66. The molecule has 130 valence electrons. The third kappa shape index (κ3) is 3.70. The van der Waals surface area contributed by atoms with Crippen LogP contribution in [0.5, 0.6) is 5.75 Å². The number of fused-ring (bicyclic) bond motifs is 1. The van der Waals surface area contributed by atoms with Crippen LogP contribution in [0.25, 0.3) is 0 Å². The van der Waals surface area contributed by atoms with Crippen molar-refractivity contribution in [2.24, 2.45) is 5.92 Å². The lowest BCUT2D eigenvalue weighted by Gasteiger charge is -2.31. The van der Waals surface area contributed by atoms with E-state index in [1.807, 2.05) is 4.90 Å². The Morgan fingerprint density at radius 1 is 1.17 bits per heavy atom. The van der Waals surface area contributed by atoms with Gasteiger partial charge in [0.2, 0.25) is 5.91 Å². The molecule has 2 N–H and O–H groups in total. The van der Waals surface area contributed by atoms with Crippen LogP contribution in [0.3, 0.4) is 0 Å². The van der Waals surface area contributed by atoms with Crippen LogP contribution in [0, 0.1) is 5.92 Å². The molecule has 0 aromatic heterocycles. The maximum absolute atomic E-state index is 12.8.